The summed E-state index contributed by atoms with van der Waals surface area (Å²) >= 11 is 0. The van der Waals surface area contributed by atoms with E-state index in [1.165, 1.54) is 10.6 Å². The van der Waals surface area contributed by atoms with E-state index in [4.69, 9.17) is 18.9 Å². The maximum atomic E-state index is 12.7. The second-order valence-corrected chi connectivity index (χ2v) is 11.3. The smallest absolute Gasteiger partial charge is 0.274 e. The molecule has 188 valence electrons. The third-order valence-corrected chi connectivity index (χ3v) is 7.74. The number of rotatable bonds is 5. The summed E-state index contributed by atoms with van der Waals surface area (Å²) < 4.78 is 25.5. The van der Waals surface area contributed by atoms with Crippen LogP contribution >= 0.6 is 0 Å². The van der Waals surface area contributed by atoms with Gasteiger partial charge in [-0.05, 0) is 43.5 Å². The molecule has 0 unspecified atom stereocenters. The van der Waals surface area contributed by atoms with E-state index in [-0.39, 0.29) is 17.7 Å². The fraction of sp³-hybridized carbons (Fsp3) is 0.435. The fourth-order valence-electron chi connectivity index (χ4n) is 4.79. The van der Waals surface area contributed by atoms with Crippen molar-refractivity contribution in [2.24, 2.45) is 0 Å². The largest absolute Gasteiger partial charge is 0.499 e. The number of aromatic nitrogens is 3. The molecule has 1 aromatic carbocycles. The molecular formula is C23H31B5N4O5. The van der Waals surface area contributed by atoms with Crippen molar-refractivity contribution in [1.29, 1.82) is 0 Å². The summed E-state index contributed by atoms with van der Waals surface area (Å²) in [6.45, 7) is 3.80. The summed E-state index contributed by atoms with van der Waals surface area (Å²) in [7, 11) is 11.9. The first kappa shape index (κ1) is 25.6. The van der Waals surface area contributed by atoms with E-state index in [2.05, 4.69) is 22.8 Å². The van der Waals surface area contributed by atoms with E-state index in [0.29, 0.717) is 17.1 Å². The van der Waals surface area contributed by atoms with Crippen molar-refractivity contribution in [3.05, 3.63) is 51.9 Å². The molecule has 0 radical (unpaired) electrons. The van der Waals surface area contributed by atoms with E-state index in [0.717, 1.165) is 48.8 Å². The Morgan fingerprint density at radius 3 is 2.35 bits per heavy atom. The molecule has 2 aliphatic rings. The van der Waals surface area contributed by atoms with Crippen LogP contribution in [0.2, 0.25) is 0 Å². The van der Waals surface area contributed by atoms with Crippen LogP contribution in [0.1, 0.15) is 24.1 Å². The van der Waals surface area contributed by atoms with E-state index in [9.17, 15) is 4.79 Å². The van der Waals surface area contributed by atoms with Gasteiger partial charge in [-0.1, -0.05) is 0 Å². The predicted octanol–water partition coefficient (Wildman–Crippen LogP) is -2.84. The third kappa shape index (κ3) is 4.83. The average Bonchev–Trinajstić information content (AvgIpc) is 2.80. The third-order valence-electron chi connectivity index (χ3n) is 7.74. The highest BCUT2D eigenvalue weighted by molar-refractivity contribution is 6.53. The van der Waals surface area contributed by atoms with Gasteiger partial charge in [-0.2, -0.15) is 4.52 Å². The van der Waals surface area contributed by atoms with Crippen LogP contribution in [0, 0.1) is 6.92 Å². The number of aryl methyl sites for hydroxylation is 1. The molecule has 0 spiro atoms. The van der Waals surface area contributed by atoms with Crippen molar-refractivity contribution in [3.63, 3.8) is 0 Å². The lowest BCUT2D eigenvalue weighted by molar-refractivity contribution is 0.0603. The topological polar surface area (TPSA) is 87.4 Å². The first-order valence-electron chi connectivity index (χ1n) is 12.8. The van der Waals surface area contributed by atoms with Crippen molar-refractivity contribution in [1.82, 2.24) is 14.6 Å². The lowest BCUT2D eigenvalue weighted by Crippen LogP contribution is -2.65. The Bertz CT molecular complexity index is 1410. The highest BCUT2D eigenvalue weighted by Gasteiger charge is 2.44. The monoisotopic (exact) mass is 498 g/mol. The van der Waals surface area contributed by atoms with Gasteiger partial charge in [0.15, 0.2) is 30.8 Å². The molecule has 2 aliphatic heterocycles. The molecule has 0 amide bonds. The summed E-state index contributed by atoms with van der Waals surface area (Å²) in [5.41, 5.74) is 1.54. The Morgan fingerprint density at radius 1 is 1.00 bits per heavy atom. The summed E-state index contributed by atoms with van der Waals surface area (Å²) in [6.07, 6.45) is 1.61. The molecule has 1 fully saturated rings. The molecular weight excluding hydrogens is 466 g/mol. The number of piperidine rings is 1. The van der Waals surface area contributed by atoms with Crippen LogP contribution in [0.25, 0.3) is 5.65 Å². The summed E-state index contributed by atoms with van der Waals surface area (Å²) in [5, 5.41) is 3.75. The van der Waals surface area contributed by atoms with Gasteiger partial charge in [-0.3, -0.25) is 4.79 Å². The number of nitrogens with zero attached hydrogens (tertiary/aromatic N) is 4. The minimum absolute atomic E-state index is 0.214. The number of hydrogen-bond donors (Lipinski definition) is 0. The maximum absolute atomic E-state index is 12.7. The van der Waals surface area contributed by atoms with Gasteiger partial charge in [0, 0.05) is 32.3 Å². The Balaban J connectivity index is 1.31. The number of ether oxygens (including phenoxy) is 4. The van der Waals surface area contributed by atoms with Gasteiger partial charge >= 0.3 is 0 Å². The van der Waals surface area contributed by atoms with Crippen LogP contribution in [-0.4, -0.2) is 90.3 Å². The highest BCUT2D eigenvalue weighted by atomic mass is 16.6. The normalized spacial score (nSPS) is 19.5. The zero-order valence-electron chi connectivity index (χ0n) is 22.8. The summed E-state index contributed by atoms with van der Waals surface area (Å²) in [4.78, 5) is 19.4. The van der Waals surface area contributed by atoms with Gasteiger partial charge < -0.3 is 23.8 Å². The molecule has 9 nitrogen and oxygen atoms in total. The molecule has 0 atom stereocenters. The highest BCUT2D eigenvalue weighted by Crippen LogP contribution is 2.42. The number of benzene rings is 1. The van der Waals surface area contributed by atoms with Crippen LogP contribution in [0.15, 0.2) is 35.1 Å². The van der Waals surface area contributed by atoms with Crippen LogP contribution in [0.4, 0.5) is 5.82 Å². The van der Waals surface area contributed by atoms with Gasteiger partial charge in [0.25, 0.3) is 5.56 Å². The SMILES string of the molecule is BC1(Oc2ccc3c(c2)OC(B)(B)C(B)(B)O3)CCN(c2nn3c(=O)cc(COC)nc3cc2C)CC1. The minimum Gasteiger partial charge on any atom is -0.499 e. The fourth-order valence-corrected chi connectivity index (χ4v) is 4.79. The minimum atomic E-state index is -0.471. The molecule has 0 bridgehead atoms. The Hall–Kier alpha value is -3.01. The molecule has 5 rings (SSSR count). The molecule has 1 saturated heterocycles. The van der Waals surface area contributed by atoms with Gasteiger partial charge in [0.05, 0.1) is 28.6 Å². The van der Waals surface area contributed by atoms with Gasteiger partial charge in [-0.25, -0.2) is 4.98 Å². The standard InChI is InChI=1S/C23H31B5N4O5/c1-13-9-18-29-14(12-34-2)10-19(33)32(18)30-20(13)31-7-5-21(24,6-8-31)35-15-3-4-16-17(11-15)37-23(27,28)22(25,26)36-16/h3-4,9-11H,5-8,12,24-28H2,1-2H3. The first-order chi connectivity index (χ1) is 17.4. The average molecular weight is 498 g/mol. The van der Waals surface area contributed by atoms with E-state index in [1.807, 2.05) is 62.6 Å². The Labute approximate surface area is 221 Å². The van der Waals surface area contributed by atoms with Crippen molar-refractivity contribution in [3.8, 4) is 17.2 Å². The zero-order valence-corrected chi connectivity index (χ0v) is 22.8. The van der Waals surface area contributed by atoms with Gasteiger partial charge in [0.1, 0.15) is 37.1 Å². The van der Waals surface area contributed by atoms with Crippen molar-refractivity contribution in [2.75, 3.05) is 25.1 Å². The van der Waals surface area contributed by atoms with E-state index in [1.54, 1.807) is 7.11 Å². The molecule has 0 aliphatic carbocycles. The van der Waals surface area contributed by atoms with Gasteiger partial charge in [0.2, 0.25) is 0 Å². The summed E-state index contributed by atoms with van der Waals surface area (Å²) in [5.74, 6) is 2.99. The van der Waals surface area contributed by atoms with Gasteiger partial charge in [-0.15, -0.1) is 5.10 Å². The number of methoxy groups -OCH3 is 1. The molecule has 4 heterocycles. The van der Waals surface area contributed by atoms with E-state index >= 15 is 0 Å². The number of hydrogen-bond acceptors (Lipinski definition) is 8. The maximum Gasteiger partial charge on any atom is 0.274 e. The molecule has 37 heavy (non-hydrogen) atoms. The second-order valence-electron chi connectivity index (χ2n) is 11.3. The van der Waals surface area contributed by atoms with Crippen LogP contribution in [0.5, 0.6) is 17.2 Å². The number of anilines is 1. The Morgan fingerprint density at radius 2 is 1.68 bits per heavy atom. The molecule has 3 aromatic rings. The van der Waals surface area contributed by atoms with Crippen molar-refractivity contribution < 1.29 is 18.9 Å². The molecule has 14 heteroatoms. The molecule has 0 N–H and O–H groups in total. The Kier molecular flexibility index (Phi) is 6.29. The quantitative estimate of drug-likeness (QED) is 0.349. The van der Waals surface area contributed by atoms with Crippen LogP contribution in [-0.2, 0) is 11.3 Å². The van der Waals surface area contributed by atoms with Crippen LogP contribution < -0.4 is 24.7 Å². The van der Waals surface area contributed by atoms with Crippen LogP contribution in [0.3, 0.4) is 0 Å². The molecule has 2 aromatic heterocycles. The number of fused-ring (bicyclic) bond motifs is 2. The van der Waals surface area contributed by atoms with Crippen molar-refractivity contribution in [2.45, 2.75) is 42.7 Å². The first-order valence-corrected chi connectivity index (χ1v) is 12.8. The van der Waals surface area contributed by atoms with Crippen molar-refractivity contribution >= 4 is 50.7 Å². The molecule has 0 saturated carbocycles. The van der Waals surface area contributed by atoms with E-state index < -0.39 is 10.8 Å². The lowest BCUT2D eigenvalue weighted by Gasteiger charge is -2.47. The predicted molar refractivity (Wildman–Crippen MR) is 155 cm³/mol. The zero-order chi connectivity index (χ0) is 26.6. The lowest BCUT2D eigenvalue weighted by atomic mass is 9.41. The summed E-state index contributed by atoms with van der Waals surface area (Å²) in [6, 6.07) is 9.17. The second kappa shape index (κ2) is 9.08.